The molecule has 7 heteroatoms. The van der Waals surface area contributed by atoms with Gasteiger partial charge in [0.1, 0.15) is 12.1 Å². The fourth-order valence-electron chi connectivity index (χ4n) is 6.13. The molecule has 4 N–H and O–H groups in total. The lowest BCUT2D eigenvalue weighted by Crippen LogP contribution is -2.57. The summed E-state index contributed by atoms with van der Waals surface area (Å²) in [6, 6.07) is 0.283. The largest absolute Gasteiger partial charge is 0.396 e. The molecule has 5 atom stereocenters. The van der Waals surface area contributed by atoms with E-state index in [0.717, 1.165) is 30.7 Å². The third-order valence-electron chi connectivity index (χ3n) is 6.95. The number of hydrogen-bond donors (Lipinski definition) is 4. The van der Waals surface area contributed by atoms with E-state index in [9.17, 15) is 15.0 Å². The number of imidazole rings is 1. The van der Waals surface area contributed by atoms with Crippen LogP contribution in [0.3, 0.4) is 0 Å². The number of anilines is 1. The molecule has 4 aliphatic rings. The molecule has 0 spiro atoms. The first kappa shape index (κ1) is 16.2. The molecular formula is C19H24N4O3. The monoisotopic (exact) mass is 356 g/mol. The highest BCUT2D eigenvalue weighted by molar-refractivity contribution is 6.07. The summed E-state index contributed by atoms with van der Waals surface area (Å²) in [5.74, 6) is 1.40. The molecule has 4 bridgehead atoms. The summed E-state index contributed by atoms with van der Waals surface area (Å²) < 4.78 is 0. The molecule has 0 aliphatic heterocycles. The number of aliphatic hydroxyl groups excluding tert-OH is 2. The van der Waals surface area contributed by atoms with Crippen LogP contribution in [-0.4, -0.2) is 50.2 Å². The topological polar surface area (TPSA) is 111 Å². The first-order chi connectivity index (χ1) is 12.6. The molecule has 2 aromatic rings. The number of aromatic amines is 1. The highest BCUT2D eigenvalue weighted by atomic mass is 16.3. The van der Waals surface area contributed by atoms with Crippen molar-refractivity contribution in [1.82, 2.24) is 15.0 Å². The minimum Gasteiger partial charge on any atom is -0.396 e. The number of aromatic nitrogens is 3. The first-order valence-corrected chi connectivity index (χ1v) is 9.46. The van der Waals surface area contributed by atoms with Crippen molar-refractivity contribution < 1.29 is 15.0 Å². The second kappa shape index (κ2) is 5.76. The minimum absolute atomic E-state index is 0.111. The zero-order valence-corrected chi connectivity index (χ0v) is 14.6. The summed E-state index contributed by atoms with van der Waals surface area (Å²) in [5, 5.41) is 23.0. The zero-order valence-electron chi connectivity index (χ0n) is 14.6. The minimum atomic E-state index is -0.538. The number of fused-ring (bicyclic) bond motifs is 1. The Hall–Kier alpha value is -1.99. The summed E-state index contributed by atoms with van der Waals surface area (Å²) in [4.78, 5) is 23.8. The maximum Gasteiger partial charge on any atom is 0.191 e. The molecular weight excluding hydrogens is 332 g/mol. The van der Waals surface area contributed by atoms with Gasteiger partial charge in [0.25, 0.3) is 0 Å². The Morgan fingerprint density at radius 2 is 2.00 bits per heavy atom. The van der Waals surface area contributed by atoms with Crippen LogP contribution in [0.25, 0.3) is 11.2 Å². The Balaban J connectivity index is 1.52. The van der Waals surface area contributed by atoms with E-state index >= 15 is 0 Å². The van der Waals surface area contributed by atoms with Gasteiger partial charge < -0.3 is 20.5 Å². The lowest BCUT2D eigenvalue weighted by Gasteiger charge is -2.60. The van der Waals surface area contributed by atoms with Crippen molar-refractivity contribution in [3.63, 3.8) is 0 Å². The van der Waals surface area contributed by atoms with E-state index in [4.69, 9.17) is 0 Å². The summed E-state index contributed by atoms with van der Waals surface area (Å²) in [5.41, 5.74) is 2.52. The number of rotatable bonds is 5. The van der Waals surface area contributed by atoms with E-state index in [2.05, 4.69) is 20.3 Å². The quantitative estimate of drug-likeness (QED) is 0.607. The number of nitrogens with one attached hydrogen (secondary N) is 2. The van der Waals surface area contributed by atoms with Crippen LogP contribution in [0.5, 0.6) is 0 Å². The molecule has 3 unspecified atom stereocenters. The smallest absolute Gasteiger partial charge is 0.191 e. The van der Waals surface area contributed by atoms with Crippen LogP contribution in [0.1, 0.15) is 42.5 Å². The van der Waals surface area contributed by atoms with Gasteiger partial charge in [-0.1, -0.05) is 0 Å². The van der Waals surface area contributed by atoms with E-state index in [1.54, 1.807) is 6.33 Å². The van der Waals surface area contributed by atoms with E-state index in [1.807, 2.05) is 0 Å². The highest BCUT2D eigenvalue weighted by Crippen LogP contribution is 2.60. The molecule has 26 heavy (non-hydrogen) atoms. The van der Waals surface area contributed by atoms with Crippen molar-refractivity contribution in [1.29, 1.82) is 0 Å². The number of carbonyl (C=O) groups is 1. The molecule has 2 aromatic heterocycles. The number of Topliss-reactive ketones (excluding diaryl/α,β-unsaturated/α-hetero) is 1. The number of nitrogens with zero attached hydrogens (tertiary/aromatic N) is 2. The average Bonchev–Trinajstić information content (AvgIpc) is 3.12. The second-order valence-corrected chi connectivity index (χ2v) is 8.53. The van der Waals surface area contributed by atoms with Gasteiger partial charge in [-0.25, -0.2) is 9.97 Å². The van der Waals surface area contributed by atoms with Crippen LogP contribution < -0.4 is 5.32 Å². The maximum absolute atomic E-state index is 12.2. The highest BCUT2D eigenvalue weighted by Gasteiger charge is 2.55. The summed E-state index contributed by atoms with van der Waals surface area (Å²) >= 11 is 0. The summed E-state index contributed by atoms with van der Waals surface area (Å²) in [6.07, 6.45) is 8.73. The van der Waals surface area contributed by atoms with E-state index in [0.29, 0.717) is 28.7 Å². The lowest BCUT2D eigenvalue weighted by atomic mass is 9.48. The van der Waals surface area contributed by atoms with Gasteiger partial charge in [-0.15, -0.1) is 0 Å². The SMILES string of the molecule is O=C(CO)c1cnc2nc[nH]c2c1NC1[C@@H]2CC3C[C@H]1CC(CO)(C3)C2. The number of pyridine rings is 1. The molecule has 4 saturated carbocycles. The summed E-state index contributed by atoms with van der Waals surface area (Å²) in [6.45, 7) is -0.249. The predicted molar refractivity (Wildman–Crippen MR) is 95.8 cm³/mol. The standard InChI is InChI=1S/C19H24N4O3/c24-7-14(26)13-6-20-18-17(21-9-22-18)16(13)23-15-11-1-10-2-12(15)5-19(3-10,4-11)8-25/h6,9-12,15,24-25H,1-5,7-8H2,(H2,20,21,22,23)/t10?,11-,12+,15?,19?. The fraction of sp³-hybridized carbons (Fsp3) is 0.632. The van der Waals surface area contributed by atoms with Crippen molar-refractivity contribution in [3.05, 3.63) is 18.1 Å². The number of carbonyl (C=O) groups excluding carboxylic acids is 1. The third-order valence-corrected chi connectivity index (χ3v) is 6.95. The fourth-order valence-corrected chi connectivity index (χ4v) is 6.13. The summed E-state index contributed by atoms with van der Waals surface area (Å²) in [7, 11) is 0. The van der Waals surface area contributed by atoms with Crippen LogP contribution in [0.15, 0.2) is 12.5 Å². The van der Waals surface area contributed by atoms with Gasteiger partial charge in [0.2, 0.25) is 0 Å². The van der Waals surface area contributed by atoms with Crippen molar-refractivity contribution in [3.8, 4) is 0 Å². The van der Waals surface area contributed by atoms with Gasteiger partial charge in [0, 0.05) is 18.8 Å². The molecule has 0 saturated heterocycles. The van der Waals surface area contributed by atoms with Gasteiger partial charge in [0.05, 0.1) is 17.6 Å². The van der Waals surface area contributed by atoms with Crippen molar-refractivity contribution in [2.75, 3.05) is 18.5 Å². The van der Waals surface area contributed by atoms with Gasteiger partial charge in [-0.3, -0.25) is 4.79 Å². The Kier molecular flexibility index (Phi) is 3.59. The normalized spacial score (nSPS) is 35.2. The van der Waals surface area contributed by atoms with E-state index in [-0.39, 0.29) is 23.8 Å². The maximum atomic E-state index is 12.2. The Bertz CT molecular complexity index is 848. The predicted octanol–water partition coefficient (Wildman–Crippen LogP) is 1.73. The number of hydrogen-bond acceptors (Lipinski definition) is 6. The Labute approximate surface area is 151 Å². The van der Waals surface area contributed by atoms with E-state index < -0.39 is 6.61 Å². The van der Waals surface area contributed by atoms with E-state index in [1.165, 1.54) is 19.0 Å². The molecule has 0 radical (unpaired) electrons. The molecule has 7 nitrogen and oxygen atoms in total. The van der Waals surface area contributed by atoms with Gasteiger partial charge in [-0.2, -0.15) is 0 Å². The lowest BCUT2D eigenvalue weighted by molar-refractivity contribution is -0.0868. The van der Waals surface area contributed by atoms with Crippen molar-refractivity contribution in [2.24, 2.45) is 23.2 Å². The molecule has 0 aromatic carbocycles. The Morgan fingerprint density at radius 1 is 1.23 bits per heavy atom. The molecule has 4 aliphatic carbocycles. The number of aliphatic hydroxyl groups is 2. The van der Waals surface area contributed by atoms with Gasteiger partial charge in [0.15, 0.2) is 11.4 Å². The van der Waals surface area contributed by atoms with Crippen LogP contribution in [0, 0.1) is 23.2 Å². The molecule has 138 valence electrons. The van der Waals surface area contributed by atoms with Crippen LogP contribution in [0.2, 0.25) is 0 Å². The number of H-pyrrole nitrogens is 1. The zero-order chi connectivity index (χ0) is 17.9. The molecule has 0 amide bonds. The first-order valence-electron chi connectivity index (χ1n) is 9.46. The number of ketones is 1. The van der Waals surface area contributed by atoms with Crippen LogP contribution in [0.4, 0.5) is 5.69 Å². The van der Waals surface area contributed by atoms with Gasteiger partial charge in [-0.05, 0) is 55.3 Å². The van der Waals surface area contributed by atoms with Crippen molar-refractivity contribution in [2.45, 2.75) is 38.1 Å². The third kappa shape index (κ3) is 2.30. The molecule has 2 heterocycles. The van der Waals surface area contributed by atoms with Crippen LogP contribution >= 0.6 is 0 Å². The van der Waals surface area contributed by atoms with Crippen molar-refractivity contribution >= 4 is 22.6 Å². The van der Waals surface area contributed by atoms with Crippen LogP contribution in [-0.2, 0) is 0 Å². The van der Waals surface area contributed by atoms with Gasteiger partial charge >= 0.3 is 0 Å². The average molecular weight is 356 g/mol. The Morgan fingerprint density at radius 3 is 2.69 bits per heavy atom. The molecule has 4 fully saturated rings. The second-order valence-electron chi connectivity index (χ2n) is 8.53. The molecule has 6 rings (SSSR count).